The summed E-state index contributed by atoms with van der Waals surface area (Å²) < 4.78 is 0. The van der Waals surface area contributed by atoms with Gasteiger partial charge < -0.3 is 9.80 Å². The van der Waals surface area contributed by atoms with Crippen LogP contribution in [0.2, 0.25) is 10.0 Å². The van der Waals surface area contributed by atoms with Crippen molar-refractivity contribution in [3.63, 3.8) is 0 Å². The van der Waals surface area contributed by atoms with Crippen molar-refractivity contribution < 1.29 is 0 Å². The minimum Gasteiger partial charge on any atom is -0.362 e. The summed E-state index contributed by atoms with van der Waals surface area (Å²) in [6, 6.07) is 15.9. The van der Waals surface area contributed by atoms with E-state index in [1.807, 2.05) is 55.4 Å². The summed E-state index contributed by atoms with van der Waals surface area (Å²) in [5.74, 6) is 2.64. The Hall–Kier alpha value is -2.30. The number of anilines is 3. The number of hydrogen-bond acceptors (Lipinski definition) is 4. The van der Waals surface area contributed by atoms with Crippen LogP contribution in [0.1, 0.15) is 17.0 Å². The zero-order valence-electron chi connectivity index (χ0n) is 15.3. The molecule has 0 aliphatic carbocycles. The van der Waals surface area contributed by atoms with Crippen LogP contribution < -0.4 is 9.80 Å². The van der Waals surface area contributed by atoms with Gasteiger partial charge in [0.15, 0.2) is 0 Å². The molecule has 6 heteroatoms. The predicted molar refractivity (Wildman–Crippen MR) is 113 cm³/mol. The summed E-state index contributed by atoms with van der Waals surface area (Å²) in [7, 11) is 4.03. The van der Waals surface area contributed by atoms with Crippen molar-refractivity contribution in [2.24, 2.45) is 0 Å². The molecule has 0 amide bonds. The van der Waals surface area contributed by atoms with Crippen LogP contribution in [0.5, 0.6) is 0 Å². The van der Waals surface area contributed by atoms with Gasteiger partial charge in [-0.2, -0.15) is 0 Å². The minimum atomic E-state index is 0.495. The highest BCUT2D eigenvalue weighted by molar-refractivity contribution is 6.36. The van der Waals surface area contributed by atoms with Crippen LogP contribution in [0.15, 0.2) is 48.5 Å². The lowest BCUT2D eigenvalue weighted by atomic mass is 10.1. The third kappa shape index (κ3) is 3.47. The fraction of sp³-hybridized carbons (Fsp3) is 0.238. The minimum absolute atomic E-state index is 0.495. The van der Waals surface area contributed by atoms with E-state index in [2.05, 4.69) is 17.0 Å². The van der Waals surface area contributed by atoms with Crippen molar-refractivity contribution in [1.29, 1.82) is 0 Å². The Labute approximate surface area is 169 Å². The van der Waals surface area contributed by atoms with Gasteiger partial charge in [-0.1, -0.05) is 47.5 Å². The number of halogens is 2. The van der Waals surface area contributed by atoms with Gasteiger partial charge in [0.2, 0.25) is 0 Å². The third-order valence-corrected chi connectivity index (χ3v) is 5.45. The first kappa shape index (κ1) is 18.1. The van der Waals surface area contributed by atoms with Gasteiger partial charge in [0.1, 0.15) is 17.5 Å². The summed E-state index contributed by atoms with van der Waals surface area (Å²) >= 11 is 12.7. The lowest BCUT2D eigenvalue weighted by Gasteiger charge is -2.21. The second kappa shape index (κ2) is 7.37. The molecule has 2 heterocycles. The Kier molecular flexibility index (Phi) is 4.94. The molecule has 1 aliphatic heterocycles. The molecule has 0 radical (unpaired) electrons. The van der Waals surface area contributed by atoms with Gasteiger partial charge in [-0.15, -0.1) is 0 Å². The molecule has 0 bridgehead atoms. The molecule has 4 nitrogen and oxygen atoms in total. The van der Waals surface area contributed by atoms with Crippen molar-refractivity contribution in [2.45, 2.75) is 12.8 Å². The van der Waals surface area contributed by atoms with Gasteiger partial charge in [-0.05, 0) is 36.2 Å². The molecule has 0 fully saturated rings. The van der Waals surface area contributed by atoms with Crippen LogP contribution in [0.4, 0.5) is 17.3 Å². The highest BCUT2D eigenvalue weighted by Crippen LogP contribution is 2.37. The van der Waals surface area contributed by atoms with Crippen molar-refractivity contribution >= 4 is 40.5 Å². The Morgan fingerprint density at radius 1 is 0.963 bits per heavy atom. The smallest absolute Gasteiger partial charge is 0.142 e. The molecule has 138 valence electrons. The van der Waals surface area contributed by atoms with Gasteiger partial charge >= 0.3 is 0 Å². The number of aromatic nitrogens is 2. The molecule has 0 N–H and O–H groups in total. The normalized spacial score (nSPS) is 13.0. The monoisotopic (exact) mass is 398 g/mol. The highest BCUT2D eigenvalue weighted by Gasteiger charge is 2.27. The second-order valence-corrected chi connectivity index (χ2v) is 7.59. The average molecular weight is 399 g/mol. The Morgan fingerprint density at radius 3 is 2.33 bits per heavy atom. The van der Waals surface area contributed by atoms with E-state index < -0.39 is 0 Å². The molecule has 27 heavy (non-hydrogen) atoms. The van der Waals surface area contributed by atoms with Crippen molar-refractivity contribution in [3.8, 4) is 0 Å². The fourth-order valence-corrected chi connectivity index (χ4v) is 3.98. The average Bonchev–Trinajstić information content (AvgIpc) is 3.08. The molecular formula is C21H20Cl2N4. The molecule has 3 aromatic rings. The largest absolute Gasteiger partial charge is 0.362 e. The van der Waals surface area contributed by atoms with Crippen LogP contribution in [-0.4, -0.2) is 30.6 Å². The molecule has 0 saturated carbocycles. The van der Waals surface area contributed by atoms with E-state index in [-0.39, 0.29) is 0 Å². The van der Waals surface area contributed by atoms with Crippen LogP contribution in [-0.2, 0) is 12.8 Å². The zero-order valence-corrected chi connectivity index (χ0v) is 16.8. The number of nitrogens with zero attached hydrogens (tertiary/aromatic N) is 4. The lowest BCUT2D eigenvalue weighted by Crippen LogP contribution is -2.17. The maximum Gasteiger partial charge on any atom is 0.142 e. The number of fused-ring (bicyclic) bond motifs is 1. The number of rotatable bonds is 4. The van der Waals surface area contributed by atoms with Gasteiger partial charge in [0.05, 0.1) is 0 Å². The third-order valence-electron chi connectivity index (χ3n) is 4.74. The quantitative estimate of drug-likeness (QED) is 0.609. The molecule has 1 aliphatic rings. The maximum atomic E-state index is 6.36. The Morgan fingerprint density at radius 2 is 1.67 bits per heavy atom. The number of benzene rings is 2. The van der Waals surface area contributed by atoms with Gasteiger partial charge in [-0.25, -0.2) is 9.97 Å². The fourth-order valence-electron chi connectivity index (χ4n) is 3.45. The van der Waals surface area contributed by atoms with Crippen LogP contribution in [0.25, 0.3) is 0 Å². The summed E-state index contributed by atoms with van der Waals surface area (Å²) in [5, 5.41) is 1.27. The van der Waals surface area contributed by atoms with Gasteiger partial charge in [0, 0.05) is 48.4 Å². The van der Waals surface area contributed by atoms with Crippen LogP contribution in [0, 0.1) is 0 Å². The molecule has 0 saturated heterocycles. The highest BCUT2D eigenvalue weighted by atomic mass is 35.5. The SMILES string of the molecule is CN(C)c1nc(Cc2c(Cl)cccc2Cl)nc2c1CCN2c1ccccc1. The van der Waals surface area contributed by atoms with Crippen LogP contribution in [0.3, 0.4) is 0 Å². The van der Waals surface area contributed by atoms with E-state index in [1.165, 1.54) is 5.56 Å². The van der Waals surface area contributed by atoms with Gasteiger partial charge in [-0.3, -0.25) is 0 Å². The molecule has 0 unspecified atom stereocenters. The molecule has 2 aromatic carbocycles. The number of para-hydroxylation sites is 1. The first-order valence-electron chi connectivity index (χ1n) is 8.87. The van der Waals surface area contributed by atoms with Crippen molar-refractivity contribution in [3.05, 3.63) is 75.5 Å². The molecule has 4 rings (SSSR count). The van der Waals surface area contributed by atoms with E-state index in [0.717, 1.165) is 41.7 Å². The Bertz CT molecular complexity index is 953. The topological polar surface area (TPSA) is 32.3 Å². The van der Waals surface area contributed by atoms with E-state index in [1.54, 1.807) is 0 Å². The first-order chi connectivity index (χ1) is 13.0. The van der Waals surface area contributed by atoms with E-state index in [9.17, 15) is 0 Å². The standard InChI is InChI=1S/C21H20Cl2N4/c1-26(2)20-15-11-12-27(14-7-4-3-5-8-14)21(15)25-19(24-20)13-16-17(22)9-6-10-18(16)23/h3-10H,11-13H2,1-2H3. The predicted octanol–water partition coefficient (Wildman–Crippen LogP) is 5.13. The lowest BCUT2D eigenvalue weighted by molar-refractivity contribution is 0.926. The second-order valence-electron chi connectivity index (χ2n) is 6.77. The number of hydrogen-bond donors (Lipinski definition) is 0. The Balaban J connectivity index is 1.80. The van der Waals surface area contributed by atoms with Crippen molar-refractivity contribution in [2.75, 3.05) is 30.4 Å². The summed E-state index contributed by atoms with van der Waals surface area (Å²) in [4.78, 5) is 14.0. The first-order valence-corrected chi connectivity index (χ1v) is 9.63. The van der Waals surface area contributed by atoms with E-state index in [4.69, 9.17) is 33.2 Å². The molecule has 0 spiro atoms. The van der Waals surface area contributed by atoms with E-state index in [0.29, 0.717) is 16.5 Å². The zero-order chi connectivity index (χ0) is 19.0. The van der Waals surface area contributed by atoms with Crippen molar-refractivity contribution in [1.82, 2.24) is 9.97 Å². The summed E-state index contributed by atoms with van der Waals surface area (Å²) in [5.41, 5.74) is 3.17. The summed E-state index contributed by atoms with van der Waals surface area (Å²) in [6.07, 6.45) is 1.42. The molecule has 1 aromatic heterocycles. The summed E-state index contributed by atoms with van der Waals surface area (Å²) in [6.45, 7) is 0.894. The van der Waals surface area contributed by atoms with E-state index >= 15 is 0 Å². The maximum absolute atomic E-state index is 6.36. The molecular weight excluding hydrogens is 379 g/mol. The molecule has 0 atom stereocenters. The van der Waals surface area contributed by atoms with Gasteiger partial charge in [0.25, 0.3) is 0 Å². The van der Waals surface area contributed by atoms with Crippen LogP contribution >= 0.6 is 23.2 Å².